The average Bonchev–Trinajstić information content (AvgIpc) is 2.91. The van der Waals surface area contributed by atoms with E-state index in [-0.39, 0.29) is 5.82 Å². The SMILES string of the molecule is Cc1c(F)cccc1-c1cnn(Cc2ccccn2)c1. The standard InChI is InChI=1S/C16H14FN3/c1-12-15(6-4-7-16(12)17)13-9-19-20(10-13)11-14-5-2-3-8-18-14/h2-10H,11H2,1H3. The molecule has 0 atom stereocenters. The Kier molecular flexibility index (Phi) is 3.29. The maximum atomic E-state index is 13.6. The molecule has 0 unspecified atom stereocenters. The average molecular weight is 267 g/mol. The summed E-state index contributed by atoms with van der Waals surface area (Å²) in [7, 11) is 0. The number of rotatable bonds is 3. The molecule has 3 rings (SSSR count). The summed E-state index contributed by atoms with van der Waals surface area (Å²) in [6, 6.07) is 10.9. The number of aromatic nitrogens is 3. The van der Waals surface area contributed by atoms with Crippen LogP contribution in [0, 0.1) is 12.7 Å². The molecule has 0 radical (unpaired) electrons. The van der Waals surface area contributed by atoms with E-state index in [1.807, 2.05) is 35.1 Å². The summed E-state index contributed by atoms with van der Waals surface area (Å²) in [6.45, 7) is 2.38. The van der Waals surface area contributed by atoms with Crippen LogP contribution in [0.1, 0.15) is 11.3 Å². The first-order valence-corrected chi connectivity index (χ1v) is 6.42. The molecule has 0 fully saturated rings. The van der Waals surface area contributed by atoms with Gasteiger partial charge in [0.2, 0.25) is 0 Å². The predicted octanol–water partition coefficient (Wildman–Crippen LogP) is 3.44. The fourth-order valence-corrected chi connectivity index (χ4v) is 2.17. The van der Waals surface area contributed by atoms with E-state index < -0.39 is 0 Å². The Morgan fingerprint density at radius 1 is 1.15 bits per heavy atom. The van der Waals surface area contributed by atoms with Gasteiger partial charge in [-0.15, -0.1) is 0 Å². The second-order valence-corrected chi connectivity index (χ2v) is 4.66. The lowest BCUT2D eigenvalue weighted by atomic mass is 10.0. The first-order valence-electron chi connectivity index (χ1n) is 6.42. The Morgan fingerprint density at radius 2 is 2.05 bits per heavy atom. The zero-order chi connectivity index (χ0) is 13.9. The minimum atomic E-state index is -0.194. The van der Waals surface area contributed by atoms with Gasteiger partial charge in [-0.25, -0.2) is 4.39 Å². The molecule has 0 aliphatic carbocycles. The van der Waals surface area contributed by atoms with Crippen LogP contribution in [-0.4, -0.2) is 14.8 Å². The molecule has 2 aromatic heterocycles. The highest BCUT2D eigenvalue weighted by molar-refractivity contribution is 5.65. The summed E-state index contributed by atoms with van der Waals surface area (Å²) in [5.41, 5.74) is 3.37. The van der Waals surface area contributed by atoms with E-state index in [2.05, 4.69) is 10.1 Å². The van der Waals surface area contributed by atoms with E-state index in [1.165, 1.54) is 6.07 Å². The molecule has 3 aromatic rings. The topological polar surface area (TPSA) is 30.7 Å². The number of benzene rings is 1. The Bertz CT molecular complexity index is 720. The van der Waals surface area contributed by atoms with Gasteiger partial charge in [0.1, 0.15) is 5.82 Å². The van der Waals surface area contributed by atoms with Crippen molar-refractivity contribution in [1.29, 1.82) is 0 Å². The third-order valence-corrected chi connectivity index (χ3v) is 3.26. The van der Waals surface area contributed by atoms with Crippen molar-refractivity contribution in [2.24, 2.45) is 0 Å². The van der Waals surface area contributed by atoms with E-state index in [4.69, 9.17) is 0 Å². The van der Waals surface area contributed by atoms with Crippen molar-refractivity contribution in [1.82, 2.24) is 14.8 Å². The molecule has 1 aromatic carbocycles. The van der Waals surface area contributed by atoms with Gasteiger partial charge in [-0.05, 0) is 36.2 Å². The Labute approximate surface area is 116 Å². The zero-order valence-electron chi connectivity index (χ0n) is 11.1. The van der Waals surface area contributed by atoms with Crippen molar-refractivity contribution in [2.75, 3.05) is 0 Å². The highest BCUT2D eigenvalue weighted by Gasteiger charge is 2.08. The van der Waals surface area contributed by atoms with Crippen LogP contribution in [0.2, 0.25) is 0 Å². The van der Waals surface area contributed by atoms with Gasteiger partial charge >= 0.3 is 0 Å². The van der Waals surface area contributed by atoms with E-state index in [0.717, 1.165) is 16.8 Å². The van der Waals surface area contributed by atoms with Gasteiger partial charge in [-0.2, -0.15) is 5.10 Å². The molecular formula is C16H14FN3. The molecule has 0 saturated heterocycles. The number of hydrogen-bond donors (Lipinski definition) is 0. The summed E-state index contributed by atoms with van der Waals surface area (Å²) in [5, 5.41) is 4.31. The summed E-state index contributed by atoms with van der Waals surface area (Å²) < 4.78 is 15.4. The molecule has 0 aliphatic heterocycles. The molecule has 100 valence electrons. The van der Waals surface area contributed by atoms with Crippen LogP contribution in [0.25, 0.3) is 11.1 Å². The van der Waals surface area contributed by atoms with Crippen molar-refractivity contribution in [3.05, 3.63) is 72.1 Å². The summed E-state index contributed by atoms with van der Waals surface area (Å²) in [4.78, 5) is 4.27. The quantitative estimate of drug-likeness (QED) is 0.727. The first kappa shape index (κ1) is 12.5. The second kappa shape index (κ2) is 5.25. The first-order chi connectivity index (χ1) is 9.74. The van der Waals surface area contributed by atoms with Gasteiger partial charge in [0.15, 0.2) is 0 Å². The minimum Gasteiger partial charge on any atom is -0.266 e. The van der Waals surface area contributed by atoms with Crippen LogP contribution in [0.3, 0.4) is 0 Å². The molecule has 3 nitrogen and oxygen atoms in total. The molecule has 4 heteroatoms. The maximum Gasteiger partial charge on any atom is 0.126 e. The van der Waals surface area contributed by atoms with Crippen molar-refractivity contribution in [2.45, 2.75) is 13.5 Å². The van der Waals surface area contributed by atoms with E-state index in [1.54, 1.807) is 25.4 Å². The largest absolute Gasteiger partial charge is 0.266 e. The van der Waals surface area contributed by atoms with E-state index >= 15 is 0 Å². The Balaban J connectivity index is 1.89. The number of nitrogens with zero attached hydrogens (tertiary/aromatic N) is 3. The Hall–Kier alpha value is -2.49. The van der Waals surface area contributed by atoms with Gasteiger partial charge in [0.05, 0.1) is 18.4 Å². The minimum absolute atomic E-state index is 0.194. The monoisotopic (exact) mass is 267 g/mol. The van der Waals surface area contributed by atoms with Crippen molar-refractivity contribution >= 4 is 0 Å². The number of halogens is 1. The van der Waals surface area contributed by atoms with Crippen LogP contribution < -0.4 is 0 Å². The van der Waals surface area contributed by atoms with Crippen molar-refractivity contribution < 1.29 is 4.39 Å². The second-order valence-electron chi connectivity index (χ2n) is 4.66. The van der Waals surface area contributed by atoms with Gasteiger partial charge in [-0.3, -0.25) is 9.67 Å². The normalized spacial score (nSPS) is 10.7. The van der Waals surface area contributed by atoms with Crippen molar-refractivity contribution in [3.63, 3.8) is 0 Å². The highest BCUT2D eigenvalue weighted by Crippen LogP contribution is 2.24. The molecule has 2 heterocycles. The number of hydrogen-bond acceptors (Lipinski definition) is 2. The van der Waals surface area contributed by atoms with Gasteiger partial charge in [-0.1, -0.05) is 18.2 Å². The van der Waals surface area contributed by atoms with Gasteiger partial charge in [0, 0.05) is 18.0 Å². The lowest BCUT2D eigenvalue weighted by molar-refractivity contribution is 0.619. The fourth-order valence-electron chi connectivity index (χ4n) is 2.17. The molecule has 0 spiro atoms. The van der Waals surface area contributed by atoms with Gasteiger partial charge < -0.3 is 0 Å². The summed E-state index contributed by atoms with van der Waals surface area (Å²) in [5.74, 6) is -0.194. The molecule has 0 bridgehead atoms. The molecule has 0 N–H and O–H groups in total. The van der Waals surface area contributed by atoms with Crippen LogP contribution in [0.5, 0.6) is 0 Å². The summed E-state index contributed by atoms with van der Waals surface area (Å²) in [6.07, 6.45) is 5.43. The van der Waals surface area contributed by atoms with E-state index in [9.17, 15) is 4.39 Å². The number of pyridine rings is 1. The van der Waals surface area contributed by atoms with E-state index in [0.29, 0.717) is 12.1 Å². The molecule has 20 heavy (non-hydrogen) atoms. The smallest absolute Gasteiger partial charge is 0.126 e. The maximum absolute atomic E-state index is 13.6. The van der Waals surface area contributed by atoms with Crippen LogP contribution in [0.15, 0.2) is 55.0 Å². The lowest BCUT2D eigenvalue weighted by Crippen LogP contribution is -2.01. The lowest BCUT2D eigenvalue weighted by Gasteiger charge is -2.03. The highest BCUT2D eigenvalue weighted by atomic mass is 19.1. The van der Waals surface area contributed by atoms with Crippen LogP contribution in [0.4, 0.5) is 4.39 Å². The van der Waals surface area contributed by atoms with Crippen LogP contribution >= 0.6 is 0 Å². The zero-order valence-corrected chi connectivity index (χ0v) is 11.1. The Morgan fingerprint density at radius 3 is 2.85 bits per heavy atom. The fraction of sp³-hybridized carbons (Fsp3) is 0.125. The molecule has 0 amide bonds. The van der Waals surface area contributed by atoms with Gasteiger partial charge in [0.25, 0.3) is 0 Å². The third kappa shape index (κ3) is 2.45. The summed E-state index contributed by atoms with van der Waals surface area (Å²) >= 11 is 0. The molecule has 0 aliphatic rings. The molecule has 0 saturated carbocycles. The molecular weight excluding hydrogens is 253 g/mol. The predicted molar refractivity (Wildman–Crippen MR) is 75.7 cm³/mol. The third-order valence-electron chi connectivity index (χ3n) is 3.26. The van der Waals surface area contributed by atoms with Crippen LogP contribution in [-0.2, 0) is 6.54 Å². The van der Waals surface area contributed by atoms with Crippen molar-refractivity contribution in [3.8, 4) is 11.1 Å².